The molecule has 2 aromatic rings. The molecular weight excluding hydrogens is 406 g/mol. The first kappa shape index (κ1) is 22.1. The molecule has 0 saturated carbocycles. The van der Waals surface area contributed by atoms with Crippen LogP contribution in [0.1, 0.15) is 11.1 Å². The van der Waals surface area contributed by atoms with Crippen LogP contribution in [0.25, 0.3) is 0 Å². The van der Waals surface area contributed by atoms with Gasteiger partial charge in [-0.3, -0.25) is 10.1 Å². The van der Waals surface area contributed by atoms with Gasteiger partial charge in [-0.15, -0.1) is 12.4 Å². The lowest BCUT2D eigenvalue weighted by molar-refractivity contribution is -0.385. The van der Waals surface area contributed by atoms with Crippen molar-refractivity contribution in [3.05, 3.63) is 57.6 Å². The maximum absolute atomic E-state index is 13.1. The van der Waals surface area contributed by atoms with Crippen molar-refractivity contribution in [1.82, 2.24) is 9.62 Å². The molecule has 1 saturated heterocycles. The third kappa shape index (κ3) is 4.61. The number of non-ortho nitro benzene ring substituents is 1. The lowest BCUT2D eigenvalue weighted by Gasteiger charge is -2.27. The first-order valence-electron chi connectivity index (χ1n) is 8.53. The number of sulfonamides is 1. The largest absolute Gasteiger partial charge is 0.456 e. The molecule has 1 heterocycles. The highest BCUT2D eigenvalue weighted by atomic mass is 35.5. The molecule has 3 rings (SSSR count). The number of rotatable bonds is 5. The minimum absolute atomic E-state index is 0. The Labute approximate surface area is 170 Å². The van der Waals surface area contributed by atoms with Crippen LogP contribution in [0.15, 0.2) is 41.3 Å². The van der Waals surface area contributed by atoms with E-state index in [1.165, 1.54) is 16.4 Å². The zero-order valence-corrected chi connectivity index (χ0v) is 17.2. The maximum Gasteiger partial charge on any atom is 0.271 e. The van der Waals surface area contributed by atoms with Crippen molar-refractivity contribution >= 4 is 28.1 Å². The van der Waals surface area contributed by atoms with Crippen molar-refractivity contribution in [2.24, 2.45) is 0 Å². The van der Waals surface area contributed by atoms with Crippen LogP contribution >= 0.6 is 12.4 Å². The lowest BCUT2D eigenvalue weighted by atomic mass is 10.1. The number of aryl methyl sites for hydroxylation is 2. The molecule has 28 heavy (non-hydrogen) atoms. The summed E-state index contributed by atoms with van der Waals surface area (Å²) < 4.78 is 33.4. The Morgan fingerprint density at radius 2 is 1.75 bits per heavy atom. The van der Waals surface area contributed by atoms with Gasteiger partial charge in [0, 0.05) is 38.3 Å². The number of nitrogens with one attached hydrogen (secondary N) is 1. The number of nitro benzene ring substituents is 1. The zero-order valence-electron chi connectivity index (χ0n) is 15.5. The second kappa shape index (κ2) is 8.87. The average molecular weight is 428 g/mol. The van der Waals surface area contributed by atoms with Gasteiger partial charge in [0.1, 0.15) is 16.4 Å². The summed E-state index contributed by atoms with van der Waals surface area (Å²) in [6, 6.07) is 9.26. The number of halogens is 1. The Morgan fingerprint density at radius 3 is 2.39 bits per heavy atom. The molecule has 152 valence electrons. The fourth-order valence-electron chi connectivity index (χ4n) is 2.86. The third-order valence-corrected chi connectivity index (χ3v) is 6.32. The Kier molecular flexibility index (Phi) is 7.00. The van der Waals surface area contributed by atoms with Gasteiger partial charge in [-0.2, -0.15) is 4.31 Å². The highest BCUT2D eigenvalue weighted by molar-refractivity contribution is 7.89. The van der Waals surface area contributed by atoms with Gasteiger partial charge in [0.05, 0.1) is 4.92 Å². The monoisotopic (exact) mass is 427 g/mol. The summed E-state index contributed by atoms with van der Waals surface area (Å²) in [5.74, 6) is 0.591. The van der Waals surface area contributed by atoms with Crippen LogP contribution < -0.4 is 10.1 Å². The summed E-state index contributed by atoms with van der Waals surface area (Å²) in [6.45, 7) is 5.41. The van der Waals surface area contributed by atoms with Crippen LogP contribution in [0, 0.1) is 24.0 Å². The highest BCUT2D eigenvalue weighted by Gasteiger charge is 2.31. The van der Waals surface area contributed by atoms with Crippen molar-refractivity contribution in [2.45, 2.75) is 18.7 Å². The molecule has 1 aliphatic heterocycles. The maximum atomic E-state index is 13.1. The molecule has 0 aromatic heterocycles. The average Bonchev–Trinajstić information content (AvgIpc) is 2.65. The Bertz CT molecular complexity index is 975. The van der Waals surface area contributed by atoms with Crippen molar-refractivity contribution in [2.75, 3.05) is 26.2 Å². The highest BCUT2D eigenvalue weighted by Crippen LogP contribution is 2.35. The Morgan fingerprint density at radius 1 is 1.07 bits per heavy atom. The number of piperazine rings is 1. The molecule has 0 atom stereocenters. The second-order valence-electron chi connectivity index (χ2n) is 6.41. The molecular formula is C18H22ClN3O5S. The summed E-state index contributed by atoms with van der Waals surface area (Å²) in [5, 5.41) is 14.3. The standard InChI is InChI=1S/C18H21N3O5S.ClH/c1-13-3-4-14(2)17(11-13)26-16-6-5-15(21(22)23)12-18(16)27(24,25)20-9-7-19-8-10-20;/h3-6,11-12,19H,7-10H2,1-2H3;1H. The van der Waals surface area contributed by atoms with E-state index < -0.39 is 14.9 Å². The van der Waals surface area contributed by atoms with Crippen LogP contribution in [0.2, 0.25) is 0 Å². The van der Waals surface area contributed by atoms with Gasteiger partial charge in [0.25, 0.3) is 5.69 Å². The lowest BCUT2D eigenvalue weighted by Crippen LogP contribution is -2.46. The molecule has 0 radical (unpaired) electrons. The van der Waals surface area contributed by atoms with Gasteiger partial charge in [0.15, 0.2) is 0 Å². The van der Waals surface area contributed by atoms with Crippen molar-refractivity contribution in [3.8, 4) is 11.5 Å². The number of hydrogen-bond acceptors (Lipinski definition) is 6. The van der Waals surface area contributed by atoms with E-state index in [2.05, 4.69) is 5.32 Å². The molecule has 0 amide bonds. The Hall–Kier alpha value is -2.20. The predicted molar refractivity (Wildman–Crippen MR) is 108 cm³/mol. The predicted octanol–water partition coefficient (Wildman–Crippen LogP) is 3.02. The summed E-state index contributed by atoms with van der Waals surface area (Å²) in [5.41, 5.74) is 1.51. The number of ether oxygens (including phenoxy) is 1. The summed E-state index contributed by atoms with van der Waals surface area (Å²) >= 11 is 0. The topological polar surface area (TPSA) is 102 Å². The van der Waals surface area contributed by atoms with E-state index in [1.54, 1.807) is 6.07 Å². The summed E-state index contributed by atoms with van der Waals surface area (Å²) in [7, 11) is -3.93. The van der Waals surface area contributed by atoms with Crippen LogP contribution in [0.3, 0.4) is 0 Å². The van der Waals surface area contributed by atoms with E-state index >= 15 is 0 Å². The number of hydrogen-bond donors (Lipinski definition) is 1. The quantitative estimate of drug-likeness (QED) is 0.581. The number of benzene rings is 2. The second-order valence-corrected chi connectivity index (χ2v) is 8.32. The summed E-state index contributed by atoms with van der Waals surface area (Å²) in [4.78, 5) is 10.4. The zero-order chi connectivity index (χ0) is 19.6. The van der Waals surface area contributed by atoms with E-state index in [1.807, 2.05) is 26.0 Å². The molecule has 2 aromatic carbocycles. The minimum Gasteiger partial charge on any atom is -0.456 e. The van der Waals surface area contributed by atoms with E-state index in [9.17, 15) is 18.5 Å². The third-order valence-electron chi connectivity index (χ3n) is 4.40. The number of nitro groups is 1. The smallest absolute Gasteiger partial charge is 0.271 e. The fourth-order valence-corrected chi connectivity index (χ4v) is 4.43. The van der Waals surface area contributed by atoms with Crippen molar-refractivity contribution in [1.29, 1.82) is 0 Å². The van der Waals surface area contributed by atoms with Gasteiger partial charge < -0.3 is 10.1 Å². The molecule has 10 heteroatoms. The van der Waals surface area contributed by atoms with Crippen molar-refractivity contribution < 1.29 is 18.1 Å². The summed E-state index contributed by atoms with van der Waals surface area (Å²) in [6.07, 6.45) is 0. The van der Waals surface area contributed by atoms with E-state index in [4.69, 9.17) is 4.74 Å². The first-order valence-corrected chi connectivity index (χ1v) is 9.97. The van der Waals surface area contributed by atoms with Crippen LogP contribution in [0.4, 0.5) is 5.69 Å². The molecule has 1 fully saturated rings. The molecule has 0 aliphatic carbocycles. The molecule has 0 unspecified atom stereocenters. The molecule has 1 aliphatic rings. The normalized spacial score (nSPS) is 14.9. The van der Waals surface area contributed by atoms with E-state index in [0.717, 1.165) is 17.2 Å². The van der Waals surface area contributed by atoms with Crippen LogP contribution in [-0.4, -0.2) is 43.8 Å². The fraction of sp³-hybridized carbons (Fsp3) is 0.333. The first-order chi connectivity index (χ1) is 12.8. The van der Waals surface area contributed by atoms with Gasteiger partial charge in [0.2, 0.25) is 10.0 Å². The van der Waals surface area contributed by atoms with Crippen LogP contribution in [0.5, 0.6) is 11.5 Å². The minimum atomic E-state index is -3.93. The molecule has 0 spiro atoms. The van der Waals surface area contributed by atoms with Crippen molar-refractivity contribution in [3.63, 3.8) is 0 Å². The molecule has 1 N–H and O–H groups in total. The van der Waals surface area contributed by atoms with E-state index in [-0.39, 0.29) is 28.7 Å². The Balaban J connectivity index is 0.00000280. The van der Waals surface area contributed by atoms with Gasteiger partial charge in [-0.25, -0.2) is 8.42 Å². The van der Waals surface area contributed by atoms with E-state index in [0.29, 0.717) is 31.9 Å². The number of nitrogens with zero attached hydrogens (tertiary/aromatic N) is 2. The molecule has 8 nitrogen and oxygen atoms in total. The SMILES string of the molecule is Cc1ccc(C)c(Oc2ccc([N+](=O)[O-])cc2S(=O)(=O)N2CCNCC2)c1.Cl. The van der Waals surface area contributed by atoms with Gasteiger partial charge >= 0.3 is 0 Å². The van der Waals surface area contributed by atoms with Gasteiger partial charge in [-0.05, 0) is 37.1 Å². The molecule has 0 bridgehead atoms. The van der Waals surface area contributed by atoms with Gasteiger partial charge in [-0.1, -0.05) is 12.1 Å². The van der Waals surface area contributed by atoms with Crippen LogP contribution in [-0.2, 0) is 10.0 Å².